The lowest BCUT2D eigenvalue weighted by Crippen LogP contribution is -2.26. The minimum Gasteiger partial charge on any atom is -0.399 e. The number of rotatable bonds is 3. The molecule has 0 heterocycles. The van der Waals surface area contributed by atoms with Gasteiger partial charge < -0.3 is 5.73 Å². The number of hydrogen-bond donors (Lipinski definition) is 1. The fourth-order valence-corrected chi connectivity index (χ4v) is 3.10. The van der Waals surface area contributed by atoms with Crippen LogP contribution in [0.3, 0.4) is 0 Å². The van der Waals surface area contributed by atoms with Crippen LogP contribution in [0, 0.1) is 59.2 Å². The lowest BCUT2D eigenvalue weighted by Gasteiger charge is -2.24. The molecule has 0 aromatic heterocycles. The summed E-state index contributed by atoms with van der Waals surface area (Å²) in [5.74, 6) is -0.882. The topological polar surface area (TPSA) is 121 Å². The summed E-state index contributed by atoms with van der Waals surface area (Å²) < 4.78 is 0. The standard InChI is InChI=1S/C20H15N5/c1-13-7-18(25)8-14(2)19(13)20(11-23,12-24)17-5-3-15(4-6-17)16(9-21)10-22/h3-8,16H,25H2,1-2H3. The largest absolute Gasteiger partial charge is 0.399 e. The second-order valence-corrected chi connectivity index (χ2v) is 5.82. The molecule has 0 atom stereocenters. The molecule has 0 amide bonds. The maximum Gasteiger partial charge on any atom is 0.194 e. The summed E-state index contributed by atoms with van der Waals surface area (Å²) in [7, 11) is 0. The molecule has 5 heteroatoms. The fraction of sp³-hybridized carbons (Fsp3) is 0.200. The van der Waals surface area contributed by atoms with E-state index in [0.29, 0.717) is 22.4 Å². The van der Waals surface area contributed by atoms with E-state index in [1.165, 1.54) is 0 Å². The summed E-state index contributed by atoms with van der Waals surface area (Å²) in [5.41, 5.74) is 8.09. The van der Waals surface area contributed by atoms with Crippen molar-refractivity contribution in [2.24, 2.45) is 0 Å². The number of nitriles is 4. The van der Waals surface area contributed by atoms with Gasteiger partial charge in [0.1, 0.15) is 0 Å². The van der Waals surface area contributed by atoms with Gasteiger partial charge in [-0.05, 0) is 53.8 Å². The quantitative estimate of drug-likeness (QED) is 0.867. The van der Waals surface area contributed by atoms with Crippen LogP contribution in [0.4, 0.5) is 5.69 Å². The molecular weight excluding hydrogens is 310 g/mol. The Morgan fingerprint density at radius 1 is 0.880 bits per heavy atom. The Hall–Kier alpha value is -3.80. The predicted octanol–water partition coefficient (Wildman–Crippen LogP) is 3.35. The number of aryl methyl sites for hydroxylation is 2. The molecule has 120 valence electrons. The van der Waals surface area contributed by atoms with E-state index in [-0.39, 0.29) is 0 Å². The van der Waals surface area contributed by atoms with Crippen molar-refractivity contribution in [3.05, 3.63) is 64.2 Å². The second kappa shape index (κ2) is 6.76. The highest BCUT2D eigenvalue weighted by Gasteiger charge is 2.37. The van der Waals surface area contributed by atoms with Crippen LogP contribution in [0.1, 0.15) is 33.7 Å². The lowest BCUT2D eigenvalue weighted by molar-refractivity contribution is 0.827. The van der Waals surface area contributed by atoms with Crippen molar-refractivity contribution in [1.82, 2.24) is 0 Å². The van der Waals surface area contributed by atoms with Crippen LogP contribution in [0.5, 0.6) is 0 Å². The molecule has 2 rings (SSSR count). The van der Waals surface area contributed by atoms with Crippen LogP contribution < -0.4 is 5.73 Å². The van der Waals surface area contributed by atoms with Crippen molar-refractivity contribution < 1.29 is 0 Å². The predicted molar refractivity (Wildman–Crippen MR) is 92.7 cm³/mol. The molecule has 0 radical (unpaired) electrons. The molecule has 2 N–H and O–H groups in total. The molecule has 5 nitrogen and oxygen atoms in total. The van der Waals surface area contributed by atoms with Crippen molar-refractivity contribution in [2.45, 2.75) is 25.2 Å². The molecule has 2 aromatic rings. The maximum absolute atomic E-state index is 9.86. The van der Waals surface area contributed by atoms with Crippen LogP contribution in [0.25, 0.3) is 0 Å². The summed E-state index contributed by atoms with van der Waals surface area (Å²) in [4.78, 5) is 0. The molecule has 25 heavy (non-hydrogen) atoms. The van der Waals surface area contributed by atoms with E-state index in [2.05, 4.69) is 12.1 Å². The minimum absolute atomic E-state index is 0.492. The Morgan fingerprint density at radius 2 is 1.36 bits per heavy atom. The first kappa shape index (κ1) is 17.6. The van der Waals surface area contributed by atoms with Gasteiger partial charge in [-0.3, -0.25) is 0 Å². The molecule has 0 aliphatic carbocycles. The monoisotopic (exact) mass is 325 g/mol. The third-order valence-corrected chi connectivity index (χ3v) is 4.20. The molecular formula is C20H15N5. The third kappa shape index (κ3) is 2.88. The molecule has 0 unspecified atom stereocenters. The Bertz CT molecular complexity index is 924. The highest BCUT2D eigenvalue weighted by atomic mass is 14.5. The van der Waals surface area contributed by atoms with Crippen LogP contribution in [0.15, 0.2) is 36.4 Å². The minimum atomic E-state index is -1.49. The Kier molecular flexibility index (Phi) is 4.74. The zero-order chi connectivity index (χ0) is 18.6. The summed E-state index contributed by atoms with van der Waals surface area (Å²) in [6, 6.07) is 18.0. The van der Waals surface area contributed by atoms with Crippen molar-refractivity contribution in [2.75, 3.05) is 5.73 Å². The molecule has 0 aliphatic rings. The van der Waals surface area contributed by atoms with E-state index < -0.39 is 11.3 Å². The van der Waals surface area contributed by atoms with Gasteiger partial charge >= 0.3 is 0 Å². The second-order valence-electron chi connectivity index (χ2n) is 5.82. The van der Waals surface area contributed by atoms with Gasteiger partial charge in [0.05, 0.1) is 24.3 Å². The lowest BCUT2D eigenvalue weighted by atomic mass is 9.73. The van der Waals surface area contributed by atoms with E-state index in [0.717, 1.165) is 11.1 Å². The highest BCUT2D eigenvalue weighted by Crippen LogP contribution is 2.37. The molecule has 2 aromatic carbocycles. The van der Waals surface area contributed by atoms with Gasteiger partial charge in [-0.15, -0.1) is 0 Å². The Balaban J connectivity index is 2.69. The molecule has 0 spiro atoms. The molecule has 0 aliphatic heterocycles. The number of benzene rings is 2. The van der Waals surface area contributed by atoms with Gasteiger partial charge in [0.15, 0.2) is 11.3 Å². The van der Waals surface area contributed by atoms with Gasteiger partial charge in [-0.2, -0.15) is 21.0 Å². The molecule has 0 bridgehead atoms. The summed E-state index contributed by atoms with van der Waals surface area (Å²) in [6.45, 7) is 3.63. The first-order valence-electron chi connectivity index (χ1n) is 7.53. The van der Waals surface area contributed by atoms with E-state index in [9.17, 15) is 10.5 Å². The number of nitrogens with two attached hydrogens (primary N) is 1. The molecule has 0 fully saturated rings. The average Bonchev–Trinajstić information content (AvgIpc) is 2.60. The van der Waals surface area contributed by atoms with Gasteiger partial charge in [0.25, 0.3) is 0 Å². The Labute approximate surface area is 146 Å². The van der Waals surface area contributed by atoms with Crippen LogP contribution >= 0.6 is 0 Å². The Morgan fingerprint density at radius 3 is 1.76 bits per heavy atom. The zero-order valence-corrected chi connectivity index (χ0v) is 13.9. The van der Waals surface area contributed by atoms with E-state index >= 15 is 0 Å². The zero-order valence-electron chi connectivity index (χ0n) is 13.9. The maximum atomic E-state index is 9.86. The van der Waals surface area contributed by atoms with Crippen molar-refractivity contribution >= 4 is 5.69 Å². The SMILES string of the molecule is Cc1cc(N)cc(C)c1C(C#N)(C#N)c1ccc(C(C#N)C#N)cc1. The van der Waals surface area contributed by atoms with E-state index in [1.54, 1.807) is 36.4 Å². The van der Waals surface area contributed by atoms with Crippen LogP contribution in [-0.4, -0.2) is 0 Å². The van der Waals surface area contributed by atoms with Gasteiger partial charge in [-0.25, -0.2) is 0 Å². The molecule has 0 saturated heterocycles. The van der Waals surface area contributed by atoms with Crippen molar-refractivity contribution in [3.8, 4) is 24.3 Å². The van der Waals surface area contributed by atoms with Gasteiger partial charge in [0, 0.05) is 5.69 Å². The number of nitrogens with zero attached hydrogens (tertiary/aromatic N) is 4. The number of anilines is 1. The summed E-state index contributed by atoms with van der Waals surface area (Å²) >= 11 is 0. The summed E-state index contributed by atoms with van der Waals surface area (Å²) in [6.07, 6.45) is 0. The summed E-state index contributed by atoms with van der Waals surface area (Å²) in [5, 5.41) is 37.7. The van der Waals surface area contributed by atoms with Crippen molar-refractivity contribution in [3.63, 3.8) is 0 Å². The van der Waals surface area contributed by atoms with Gasteiger partial charge in [0.2, 0.25) is 0 Å². The highest BCUT2D eigenvalue weighted by molar-refractivity contribution is 5.61. The smallest absolute Gasteiger partial charge is 0.194 e. The number of nitrogen functional groups attached to an aromatic ring is 1. The third-order valence-electron chi connectivity index (χ3n) is 4.20. The normalized spacial score (nSPS) is 10.4. The van der Waals surface area contributed by atoms with E-state index in [1.807, 2.05) is 26.0 Å². The van der Waals surface area contributed by atoms with E-state index in [4.69, 9.17) is 16.3 Å². The first-order chi connectivity index (χ1) is 11.9. The van der Waals surface area contributed by atoms with Gasteiger partial charge in [-0.1, -0.05) is 24.3 Å². The fourth-order valence-electron chi connectivity index (χ4n) is 3.10. The van der Waals surface area contributed by atoms with Crippen LogP contribution in [-0.2, 0) is 5.41 Å². The number of hydrogen-bond acceptors (Lipinski definition) is 5. The molecule has 0 saturated carbocycles. The average molecular weight is 325 g/mol. The van der Waals surface area contributed by atoms with Crippen LogP contribution in [0.2, 0.25) is 0 Å². The van der Waals surface area contributed by atoms with Crippen molar-refractivity contribution in [1.29, 1.82) is 21.0 Å². The first-order valence-corrected chi connectivity index (χ1v) is 7.53.